The van der Waals surface area contributed by atoms with Gasteiger partial charge in [0.15, 0.2) is 0 Å². The molecule has 2 aromatic rings. The Bertz CT molecular complexity index is 760. The van der Waals surface area contributed by atoms with Crippen LogP contribution in [0.4, 0.5) is 4.79 Å². The quantitative estimate of drug-likeness (QED) is 0.792. The lowest BCUT2D eigenvalue weighted by atomic mass is 9.89. The van der Waals surface area contributed by atoms with Gasteiger partial charge in [-0.2, -0.15) is 9.78 Å². The number of hydrogen-bond acceptors (Lipinski definition) is 4. The molecule has 1 N–H and O–H groups in total. The van der Waals surface area contributed by atoms with Gasteiger partial charge >= 0.3 is 6.03 Å². The molecule has 146 valence electrons. The van der Waals surface area contributed by atoms with Gasteiger partial charge in [-0.05, 0) is 31.9 Å². The average molecular weight is 370 g/mol. The molecule has 2 aliphatic rings. The third-order valence-corrected chi connectivity index (χ3v) is 5.94. The van der Waals surface area contributed by atoms with Crippen molar-refractivity contribution in [3.63, 3.8) is 0 Å². The molecule has 4 rings (SSSR count). The van der Waals surface area contributed by atoms with Gasteiger partial charge in [-0.3, -0.25) is 4.90 Å². The Morgan fingerprint density at radius 3 is 2.74 bits per heavy atom. The summed E-state index contributed by atoms with van der Waals surface area (Å²) in [6.45, 7) is 4.96. The average Bonchev–Trinajstić information content (AvgIpc) is 3.09. The lowest BCUT2D eigenvalue weighted by molar-refractivity contribution is -0.0801. The highest BCUT2D eigenvalue weighted by Gasteiger charge is 2.39. The Labute approximate surface area is 160 Å². The van der Waals surface area contributed by atoms with E-state index in [1.165, 1.54) is 30.4 Å². The van der Waals surface area contributed by atoms with Crippen LogP contribution in [0.2, 0.25) is 0 Å². The normalized spacial score (nSPS) is 25.6. The van der Waals surface area contributed by atoms with Crippen molar-refractivity contribution in [1.82, 2.24) is 20.0 Å². The molecule has 0 saturated carbocycles. The Balaban J connectivity index is 1.38. The van der Waals surface area contributed by atoms with Crippen molar-refractivity contribution in [2.75, 3.05) is 19.8 Å². The first kappa shape index (κ1) is 18.4. The second-order valence-electron chi connectivity index (χ2n) is 7.88. The molecule has 0 radical (unpaired) electrons. The Morgan fingerprint density at radius 1 is 1.19 bits per heavy atom. The van der Waals surface area contributed by atoms with Crippen LogP contribution in [0.25, 0.3) is 10.9 Å². The first-order valence-electron chi connectivity index (χ1n) is 10.3. The van der Waals surface area contributed by atoms with Crippen molar-refractivity contribution in [1.29, 1.82) is 0 Å². The number of hydrogen-bond donors (Lipinski definition) is 1. The summed E-state index contributed by atoms with van der Waals surface area (Å²) >= 11 is 0. The standard InChI is InChI=1S/C21H30N4O2/c1-2-3-4-7-10-24-18-11-17(12-19(24)15-27-14-18)23-21(26)25-20-9-6-5-8-16(20)13-22-25/h5-6,8-9,13,17-19H,2-4,7,10-12,14-15H2,1H3,(H,23,26). The highest BCUT2D eigenvalue weighted by atomic mass is 16.5. The van der Waals surface area contributed by atoms with Crippen LogP contribution in [-0.2, 0) is 4.74 Å². The van der Waals surface area contributed by atoms with E-state index in [-0.39, 0.29) is 12.1 Å². The number of piperidine rings is 1. The van der Waals surface area contributed by atoms with E-state index in [1.54, 1.807) is 6.20 Å². The predicted octanol–water partition coefficient (Wildman–Crippen LogP) is 3.41. The van der Waals surface area contributed by atoms with E-state index in [0.717, 1.165) is 43.5 Å². The molecule has 1 amide bonds. The number of amides is 1. The van der Waals surface area contributed by atoms with Gasteiger partial charge in [0.25, 0.3) is 0 Å². The molecule has 0 aliphatic carbocycles. The molecule has 1 aromatic heterocycles. The van der Waals surface area contributed by atoms with Gasteiger partial charge in [0.2, 0.25) is 0 Å². The molecule has 0 spiro atoms. The smallest absolute Gasteiger partial charge is 0.342 e. The fraction of sp³-hybridized carbons (Fsp3) is 0.619. The molecule has 2 atom stereocenters. The van der Waals surface area contributed by atoms with Gasteiger partial charge in [0, 0.05) is 23.5 Å². The van der Waals surface area contributed by atoms with Gasteiger partial charge < -0.3 is 10.1 Å². The molecule has 2 aliphatic heterocycles. The summed E-state index contributed by atoms with van der Waals surface area (Å²) in [4.78, 5) is 15.4. The molecule has 6 heteroatoms. The Hall–Kier alpha value is -1.92. The summed E-state index contributed by atoms with van der Waals surface area (Å²) in [5, 5.41) is 8.48. The van der Waals surface area contributed by atoms with Gasteiger partial charge in [-0.25, -0.2) is 4.79 Å². The molecule has 2 unspecified atom stereocenters. The van der Waals surface area contributed by atoms with Crippen LogP contribution in [0.3, 0.4) is 0 Å². The second kappa shape index (κ2) is 8.40. The SMILES string of the molecule is CCCCCCN1C2COCC1CC(NC(=O)n1ncc3ccccc31)C2. The minimum Gasteiger partial charge on any atom is -0.378 e. The van der Waals surface area contributed by atoms with E-state index in [0.29, 0.717) is 12.1 Å². The van der Waals surface area contributed by atoms with Crippen molar-refractivity contribution in [2.24, 2.45) is 0 Å². The van der Waals surface area contributed by atoms with E-state index in [4.69, 9.17) is 4.74 Å². The molecule has 6 nitrogen and oxygen atoms in total. The number of ether oxygens (including phenoxy) is 1. The van der Waals surface area contributed by atoms with E-state index < -0.39 is 0 Å². The molecule has 1 aromatic carbocycles. The monoisotopic (exact) mass is 370 g/mol. The molecule has 2 bridgehead atoms. The number of nitrogens with one attached hydrogen (secondary N) is 1. The number of unbranched alkanes of at least 4 members (excludes halogenated alkanes) is 3. The van der Waals surface area contributed by atoms with Crippen LogP contribution in [0.15, 0.2) is 30.5 Å². The Kier molecular flexibility index (Phi) is 5.74. The van der Waals surface area contributed by atoms with E-state index in [1.807, 2.05) is 24.3 Å². The fourth-order valence-electron chi connectivity index (χ4n) is 4.56. The molecule has 2 fully saturated rings. The van der Waals surface area contributed by atoms with Crippen LogP contribution >= 0.6 is 0 Å². The number of benzene rings is 1. The van der Waals surface area contributed by atoms with Crippen LogP contribution in [0.1, 0.15) is 45.4 Å². The number of rotatable bonds is 6. The van der Waals surface area contributed by atoms with Gasteiger partial charge in [0.05, 0.1) is 24.9 Å². The first-order valence-corrected chi connectivity index (χ1v) is 10.3. The highest BCUT2D eigenvalue weighted by molar-refractivity contribution is 5.89. The summed E-state index contributed by atoms with van der Waals surface area (Å²) in [6, 6.07) is 8.70. The van der Waals surface area contributed by atoms with Crippen molar-refractivity contribution < 1.29 is 9.53 Å². The third-order valence-electron chi connectivity index (χ3n) is 5.94. The fourth-order valence-corrected chi connectivity index (χ4v) is 4.56. The zero-order valence-corrected chi connectivity index (χ0v) is 16.1. The van der Waals surface area contributed by atoms with Crippen molar-refractivity contribution in [2.45, 2.75) is 63.6 Å². The predicted molar refractivity (Wildman–Crippen MR) is 106 cm³/mol. The van der Waals surface area contributed by atoms with Crippen molar-refractivity contribution >= 4 is 16.9 Å². The number of carbonyl (C=O) groups excluding carboxylic acids is 1. The number of morpholine rings is 1. The van der Waals surface area contributed by atoms with E-state index in [9.17, 15) is 4.79 Å². The van der Waals surface area contributed by atoms with Gasteiger partial charge in [-0.15, -0.1) is 0 Å². The lowest BCUT2D eigenvalue weighted by Crippen LogP contribution is -2.61. The van der Waals surface area contributed by atoms with Crippen LogP contribution < -0.4 is 5.32 Å². The Morgan fingerprint density at radius 2 is 1.96 bits per heavy atom. The van der Waals surface area contributed by atoms with Gasteiger partial charge in [-0.1, -0.05) is 44.4 Å². The highest BCUT2D eigenvalue weighted by Crippen LogP contribution is 2.28. The third kappa shape index (κ3) is 4.01. The lowest BCUT2D eigenvalue weighted by Gasteiger charge is -2.48. The number of fused-ring (bicyclic) bond motifs is 3. The van der Waals surface area contributed by atoms with Crippen LogP contribution in [0, 0.1) is 0 Å². The maximum absolute atomic E-state index is 12.8. The van der Waals surface area contributed by atoms with Crippen LogP contribution in [-0.4, -0.2) is 58.6 Å². The number of nitrogens with zero attached hydrogens (tertiary/aromatic N) is 3. The summed E-state index contributed by atoms with van der Waals surface area (Å²) in [7, 11) is 0. The maximum atomic E-state index is 12.8. The van der Waals surface area contributed by atoms with Gasteiger partial charge in [0.1, 0.15) is 0 Å². The number of carbonyl (C=O) groups is 1. The second-order valence-corrected chi connectivity index (χ2v) is 7.88. The van der Waals surface area contributed by atoms with Crippen molar-refractivity contribution in [3.05, 3.63) is 30.5 Å². The summed E-state index contributed by atoms with van der Waals surface area (Å²) in [6.07, 6.45) is 8.81. The molecule has 3 heterocycles. The molecular formula is C21H30N4O2. The minimum atomic E-state index is -0.128. The zero-order valence-electron chi connectivity index (χ0n) is 16.1. The summed E-state index contributed by atoms with van der Waals surface area (Å²) in [5.74, 6) is 0. The molecular weight excluding hydrogens is 340 g/mol. The molecule has 2 saturated heterocycles. The minimum absolute atomic E-state index is 0.128. The number of aromatic nitrogens is 2. The maximum Gasteiger partial charge on any atom is 0.342 e. The summed E-state index contributed by atoms with van der Waals surface area (Å²) in [5.41, 5.74) is 0.854. The first-order chi connectivity index (χ1) is 13.3. The topological polar surface area (TPSA) is 59.4 Å². The largest absolute Gasteiger partial charge is 0.378 e. The summed E-state index contributed by atoms with van der Waals surface area (Å²) < 4.78 is 7.29. The van der Waals surface area contributed by atoms with E-state index >= 15 is 0 Å². The van der Waals surface area contributed by atoms with Crippen LogP contribution in [0.5, 0.6) is 0 Å². The number of para-hydroxylation sites is 1. The zero-order chi connectivity index (χ0) is 18.6. The molecule has 27 heavy (non-hydrogen) atoms. The van der Waals surface area contributed by atoms with Crippen molar-refractivity contribution in [3.8, 4) is 0 Å². The van der Waals surface area contributed by atoms with E-state index in [2.05, 4.69) is 22.2 Å².